The third-order valence-corrected chi connectivity index (χ3v) is 4.00. The Morgan fingerprint density at radius 1 is 1.20 bits per heavy atom. The maximum absolute atomic E-state index is 12.0. The van der Waals surface area contributed by atoms with Gasteiger partial charge in [-0.3, -0.25) is 14.9 Å². The molecule has 0 aromatic heterocycles. The monoisotopic (exact) mass is 341 g/mol. The van der Waals surface area contributed by atoms with Crippen LogP contribution in [0.25, 0.3) is 0 Å². The van der Waals surface area contributed by atoms with E-state index in [0.717, 1.165) is 18.4 Å². The third kappa shape index (κ3) is 4.13. The Bertz CT molecular complexity index is 783. The highest BCUT2D eigenvalue weighted by molar-refractivity contribution is 5.94. The lowest BCUT2D eigenvalue weighted by Gasteiger charge is -2.12. The largest absolute Gasteiger partial charge is 0.368 e. The molecule has 0 radical (unpaired) electrons. The molecule has 1 heterocycles. The van der Waals surface area contributed by atoms with Crippen molar-refractivity contribution in [3.63, 3.8) is 0 Å². The summed E-state index contributed by atoms with van der Waals surface area (Å²) in [5.41, 5.74) is 2.62. The molecule has 0 spiro atoms. The molecular formula is C18H19N3O4. The molecule has 3 rings (SSSR count). The van der Waals surface area contributed by atoms with E-state index in [9.17, 15) is 14.9 Å². The fraction of sp³-hybridized carbons (Fsp3) is 0.278. The van der Waals surface area contributed by atoms with Crippen molar-refractivity contribution in [3.05, 3.63) is 58.1 Å². The summed E-state index contributed by atoms with van der Waals surface area (Å²) in [7, 11) is 0. The minimum Gasteiger partial charge on any atom is -0.368 e. The van der Waals surface area contributed by atoms with Crippen LogP contribution in [0.3, 0.4) is 0 Å². The smallest absolute Gasteiger partial charge is 0.292 e. The molecule has 1 fully saturated rings. The van der Waals surface area contributed by atoms with Crippen LogP contribution in [0.1, 0.15) is 18.4 Å². The lowest BCUT2D eigenvalue weighted by atomic mass is 10.2. The van der Waals surface area contributed by atoms with E-state index < -0.39 is 4.92 Å². The van der Waals surface area contributed by atoms with Crippen LogP contribution in [-0.2, 0) is 9.53 Å². The first-order chi connectivity index (χ1) is 12.0. The van der Waals surface area contributed by atoms with Gasteiger partial charge in [-0.15, -0.1) is 0 Å². The molecule has 1 aliphatic rings. The van der Waals surface area contributed by atoms with Crippen LogP contribution in [0, 0.1) is 17.0 Å². The predicted octanol–water partition coefficient (Wildman–Crippen LogP) is 3.76. The average molecular weight is 341 g/mol. The molecule has 2 N–H and O–H groups in total. The predicted molar refractivity (Wildman–Crippen MR) is 95.2 cm³/mol. The molecule has 2 aromatic carbocycles. The number of carbonyl (C=O) groups excluding carboxylic acids is 1. The summed E-state index contributed by atoms with van der Waals surface area (Å²) in [5.74, 6) is -0.146. The van der Waals surface area contributed by atoms with E-state index >= 15 is 0 Å². The molecule has 7 nitrogen and oxygen atoms in total. The topological polar surface area (TPSA) is 93.5 Å². The summed E-state index contributed by atoms with van der Waals surface area (Å²) in [5, 5.41) is 17.0. The van der Waals surface area contributed by atoms with Crippen molar-refractivity contribution in [2.75, 3.05) is 17.2 Å². The van der Waals surface area contributed by atoms with E-state index in [4.69, 9.17) is 4.74 Å². The van der Waals surface area contributed by atoms with Crippen molar-refractivity contribution in [2.45, 2.75) is 25.9 Å². The number of amides is 1. The molecule has 1 amide bonds. The number of nitrogens with one attached hydrogen (secondary N) is 2. The molecular weight excluding hydrogens is 322 g/mol. The van der Waals surface area contributed by atoms with E-state index in [1.807, 2.05) is 13.0 Å². The van der Waals surface area contributed by atoms with Gasteiger partial charge in [-0.25, -0.2) is 0 Å². The SMILES string of the molecule is Cc1ccc(Nc2ccc(NC(=O)C3CCCO3)cc2)c([N+](=O)[O-])c1. The molecule has 2 aromatic rings. The van der Waals surface area contributed by atoms with Gasteiger partial charge in [0, 0.05) is 24.0 Å². The summed E-state index contributed by atoms with van der Waals surface area (Å²) in [6.45, 7) is 2.43. The second kappa shape index (κ2) is 7.31. The Morgan fingerprint density at radius 2 is 1.92 bits per heavy atom. The van der Waals surface area contributed by atoms with Gasteiger partial charge in [-0.05, 0) is 55.7 Å². The zero-order chi connectivity index (χ0) is 17.8. The summed E-state index contributed by atoms with van der Waals surface area (Å²) < 4.78 is 5.35. The fourth-order valence-electron chi connectivity index (χ4n) is 2.70. The van der Waals surface area contributed by atoms with Crippen LogP contribution < -0.4 is 10.6 Å². The zero-order valence-electron chi connectivity index (χ0n) is 13.8. The lowest BCUT2D eigenvalue weighted by molar-refractivity contribution is -0.384. The summed E-state index contributed by atoms with van der Waals surface area (Å²) >= 11 is 0. The molecule has 25 heavy (non-hydrogen) atoms. The minimum absolute atomic E-state index is 0.0239. The van der Waals surface area contributed by atoms with Gasteiger partial charge in [0.15, 0.2) is 0 Å². The van der Waals surface area contributed by atoms with Gasteiger partial charge in [0.25, 0.3) is 11.6 Å². The van der Waals surface area contributed by atoms with Crippen LogP contribution >= 0.6 is 0 Å². The summed E-state index contributed by atoms with van der Waals surface area (Å²) in [6.07, 6.45) is 1.26. The van der Waals surface area contributed by atoms with Crippen molar-refractivity contribution >= 4 is 28.7 Å². The highest BCUT2D eigenvalue weighted by Gasteiger charge is 2.23. The first-order valence-electron chi connectivity index (χ1n) is 8.07. The molecule has 1 aliphatic heterocycles. The number of rotatable bonds is 5. The van der Waals surface area contributed by atoms with Crippen molar-refractivity contribution in [2.24, 2.45) is 0 Å². The van der Waals surface area contributed by atoms with Crippen LogP contribution in [-0.4, -0.2) is 23.5 Å². The summed E-state index contributed by atoms with van der Waals surface area (Å²) in [6, 6.07) is 12.0. The van der Waals surface area contributed by atoms with Gasteiger partial charge in [0.1, 0.15) is 11.8 Å². The van der Waals surface area contributed by atoms with Gasteiger partial charge in [0.05, 0.1) is 4.92 Å². The number of benzene rings is 2. The number of nitrogens with zero attached hydrogens (tertiary/aromatic N) is 1. The minimum atomic E-state index is -0.411. The maximum atomic E-state index is 12.0. The van der Waals surface area contributed by atoms with Gasteiger partial charge < -0.3 is 15.4 Å². The van der Waals surface area contributed by atoms with Gasteiger partial charge in [0.2, 0.25) is 0 Å². The first kappa shape index (κ1) is 16.9. The lowest BCUT2D eigenvalue weighted by Crippen LogP contribution is -2.26. The number of nitro groups is 1. The van der Waals surface area contributed by atoms with Crippen LogP contribution in [0.15, 0.2) is 42.5 Å². The molecule has 0 bridgehead atoms. The van der Waals surface area contributed by atoms with Crippen molar-refractivity contribution in [1.29, 1.82) is 0 Å². The van der Waals surface area contributed by atoms with Crippen molar-refractivity contribution in [1.82, 2.24) is 0 Å². The Kier molecular flexibility index (Phi) is 4.95. The number of hydrogen-bond donors (Lipinski definition) is 2. The van der Waals surface area contributed by atoms with Gasteiger partial charge in [-0.1, -0.05) is 6.07 Å². The number of carbonyl (C=O) groups is 1. The Hall–Kier alpha value is -2.93. The van der Waals surface area contributed by atoms with E-state index in [1.165, 1.54) is 6.07 Å². The number of ether oxygens (including phenoxy) is 1. The molecule has 130 valence electrons. The average Bonchev–Trinajstić information content (AvgIpc) is 3.13. The number of nitro benzene ring substituents is 1. The molecule has 1 saturated heterocycles. The number of hydrogen-bond acceptors (Lipinski definition) is 5. The zero-order valence-corrected chi connectivity index (χ0v) is 13.8. The second-order valence-corrected chi connectivity index (χ2v) is 5.97. The standard InChI is InChI=1S/C18H19N3O4/c1-12-4-9-15(16(11-12)21(23)24)19-13-5-7-14(8-6-13)20-18(22)17-3-2-10-25-17/h4-9,11,17,19H,2-3,10H2,1H3,(H,20,22). The molecule has 0 aliphatic carbocycles. The van der Waals surface area contributed by atoms with Crippen molar-refractivity contribution < 1.29 is 14.5 Å². The van der Waals surface area contributed by atoms with Crippen LogP contribution in [0.4, 0.5) is 22.7 Å². The van der Waals surface area contributed by atoms with Crippen LogP contribution in [0.2, 0.25) is 0 Å². The molecule has 7 heteroatoms. The Morgan fingerprint density at radius 3 is 2.56 bits per heavy atom. The number of anilines is 3. The third-order valence-electron chi connectivity index (χ3n) is 4.00. The summed E-state index contributed by atoms with van der Waals surface area (Å²) in [4.78, 5) is 22.8. The Labute approximate surface area is 145 Å². The molecule has 1 atom stereocenters. The van der Waals surface area contributed by atoms with E-state index in [-0.39, 0.29) is 17.7 Å². The quantitative estimate of drug-likeness (QED) is 0.638. The van der Waals surface area contributed by atoms with Gasteiger partial charge in [-0.2, -0.15) is 0 Å². The van der Waals surface area contributed by atoms with E-state index in [0.29, 0.717) is 23.7 Å². The Balaban J connectivity index is 1.69. The molecule has 0 saturated carbocycles. The fourth-order valence-corrected chi connectivity index (χ4v) is 2.70. The maximum Gasteiger partial charge on any atom is 0.292 e. The normalized spacial score (nSPS) is 16.4. The van der Waals surface area contributed by atoms with Crippen molar-refractivity contribution in [3.8, 4) is 0 Å². The van der Waals surface area contributed by atoms with E-state index in [1.54, 1.807) is 30.3 Å². The highest BCUT2D eigenvalue weighted by atomic mass is 16.6. The highest BCUT2D eigenvalue weighted by Crippen LogP contribution is 2.29. The first-order valence-corrected chi connectivity index (χ1v) is 8.07. The number of aryl methyl sites for hydroxylation is 1. The van der Waals surface area contributed by atoms with Gasteiger partial charge >= 0.3 is 0 Å². The van der Waals surface area contributed by atoms with E-state index in [2.05, 4.69) is 10.6 Å². The molecule has 1 unspecified atom stereocenters. The van der Waals surface area contributed by atoms with Crippen LogP contribution in [0.5, 0.6) is 0 Å². The second-order valence-electron chi connectivity index (χ2n) is 5.97.